The summed E-state index contributed by atoms with van der Waals surface area (Å²) in [6, 6.07) is 5.57. The first-order valence-corrected chi connectivity index (χ1v) is 7.92. The molecule has 0 saturated heterocycles. The van der Waals surface area contributed by atoms with Gasteiger partial charge >= 0.3 is 0 Å². The first-order valence-electron chi connectivity index (χ1n) is 7.92. The molecule has 1 aliphatic carbocycles. The molecule has 0 aliphatic heterocycles. The molecular formula is C16H21N5O2. The summed E-state index contributed by atoms with van der Waals surface area (Å²) in [5.74, 6) is -0.166. The lowest BCUT2D eigenvalue weighted by atomic mass is 9.82. The molecule has 1 heterocycles. The Labute approximate surface area is 134 Å². The van der Waals surface area contributed by atoms with Crippen LogP contribution >= 0.6 is 0 Å². The van der Waals surface area contributed by atoms with Crippen LogP contribution in [0.25, 0.3) is 5.69 Å². The number of amides is 1. The maximum atomic E-state index is 12.3. The van der Waals surface area contributed by atoms with Crippen molar-refractivity contribution < 1.29 is 9.90 Å². The molecule has 0 atom stereocenters. The second-order valence-corrected chi connectivity index (χ2v) is 6.27. The van der Waals surface area contributed by atoms with Gasteiger partial charge in [-0.1, -0.05) is 25.3 Å². The first-order chi connectivity index (χ1) is 11.1. The monoisotopic (exact) mass is 315 g/mol. The number of hydrogen-bond donors (Lipinski definition) is 2. The fourth-order valence-corrected chi connectivity index (χ4v) is 3.10. The Balaban J connectivity index is 1.70. The van der Waals surface area contributed by atoms with Crippen molar-refractivity contribution in [1.29, 1.82) is 0 Å². The van der Waals surface area contributed by atoms with Gasteiger partial charge in [-0.05, 0) is 47.9 Å². The Morgan fingerprint density at radius 1 is 1.35 bits per heavy atom. The van der Waals surface area contributed by atoms with Crippen LogP contribution in [0.15, 0.2) is 24.5 Å². The van der Waals surface area contributed by atoms with E-state index in [1.807, 2.05) is 25.1 Å². The lowest BCUT2D eigenvalue weighted by molar-refractivity contribution is -0.122. The molecule has 1 aromatic carbocycles. The molecule has 7 heteroatoms. The van der Waals surface area contributed by atoms with Crippen LogP contribution in [0.5, 0.6) is 0 Å². The van der Waals surface area contributed by atoms with Gasteiger partial charge in [-0.15, -0.1) is 5.10 Å². The van der Waals surface area contributed by atoms with Gasteiger partial charge in [0.15, 0.2) is 0 Å². The number of aryl methyl sites for hydroxylation is 1. The summed E-state index contributed by atoms with van der Waals surface area (Å²) in [4.78, 5) is 12.3. The SMILES string of the molecule is Cc1ccc(NC(=O)CC2(O)CCCCC2)cc1-n1cnnn1. The van der Waals surface area contributed by atoms with Gasteiger partial charge in [0.1, 0.15) is 6.33 Å². The van der Waals surface area contributed by atoms with E-state index in [1.165, 1.54) is 6.33 Å². The van der Waals surface area contributed by atoms with Crippen LogP contribution in [-0.2, 0) is 4.79 Å². The fourth-order valence-electron chi connectivity index (χ4n) is 3.10. The molecule has 0 spiro atoms. The molecule has 7 nitrogen and oxygen atoms in total. The lowest BCUT2D eigenvalue weighted by Gasteiger charge is -2.31. The number of tetrazole rings is 1. The van der Waals surface area contributed by atoms with Crippen molar-refractivity contribution in [2.24, 2.45) is 0 Å². The number of aromatic nitrogens is 4. The minimum absolute atomic E-state index is 0.140. The number of nitrogens with zero attached hydrogens (tertiary/aromatic N) is 4. The van der Waals surface area contributed by atoms with Crippen molar-refractivity contribution in [3.05, 3.63) is 30.1 Å². The predicted molar refractivity (Wildman–Crippen MR) is 85.2 cm³/mol. The summed E-state index contributed by atoms with van der Waals surface area (Å²) in [5, 5.41) is 24.5. The molecule has 23 heavy (non-hydrogen) atoms. The van der Waals surface area contributed by atoms with Crippen molar-refractivity contribution in [2.75, 3.05) is 5.32 Å². The van der Waals surface area contributed by atoms with Gasteiger partial charge in [0.25, 0.3) is 0 Å². The minimum atomic E-state index is -0.855. The van der Waals surface area contributed by atoms with Gasteiger partial charge in [-0.2, -0.15) is 0 Å². The molecule has 122 valence electrons. The Morgan fingerprint density at radius 3 is 2.83 bits per heavy atom. The van der Waals surface area contributed by atoms with E-state index in [1.54, 1.807) is 4.68 Å². The standard InChI is InChI=1S/C16H21N5O2/c1-12-5-6-13(9-14(12)21-11-17-19-20-21)18-15(22)10-16(23)7-3-2-4-8-16/h5-6,9,11,23H,2-4,7-8,10H2,1H3,(H,18,22). The smallest absolute Gasteiger partial charge is 0.227 e. The third kappa shape index (κ3) is 3.73. The van der Waals surface area contributed by atoms with Crippen molar-refractivity contribution in [3.8, 4) is 5.69 Å². The van der Waals surface area contributed by atoms with Crippen LogP contribution in [0.4, 0.5) is 5.69 Å². The van der Waals surface area contributed by atoms with Crippen LogP contribution in [-0.4, -0.2) is 36.8 Å². The number of hydrogen-bond acceptors (Lipinski definition) is 5. The van der Waals surface area contributed by atoms with E-state index < -0.39 is 5.60 Å². The van der Waals surface area contributed by atoms with Crippen LogP contribution in [0.3, 0.4) is 0 Å². The van der Waals surface area contributed by atoms with E-state index >= 15 is 0 Å². The molecular weight excluding hydrogens is 294 g/mol. The average Bonchev–Trinajstić information content (AvgIpc) is 3.03. The summed E-state index contributed by atoms with van der Waals surface area (Å²) in [6.45, 7) is 1.95. The second kappa shape index (κ2) is 6.45. The van der Waals surface area contributed by atoms with Gasteiger partial charge in [-0.25, -0.2) is 4.68 Å². The quantitative estimate of drug-likeness (QED) is 0.900. The summed E-state index contributed by atoms with van der Waals surface area (Å²) in [6.07, 6.45) is 6.15. The number of anilines is 1. The summed E-state index contributed by atoms with van der Waals surface area (Å²) in [5.41, 5.74) is 1.63. The van der Waals surface area contributed by atoms with Crippen LogP contribution in [0, 0.1) is 6.92 Å². The predicted octanol–water partition coefficient (Wildman–Crippen LogP) is 1.99. The molecule has 2 aromatic rings. The van der Waals surface area contributed by atoms with E-state index in [0.29, 0.717) is 18.5 Å². The number of rotatable bonds is 4. The zero-order chi connectivity index (χ0) is 16.3. The number of carbonyl (C=O) groups is 1. The van der Waals surface area contributed by atoms with Crippen LogP contribution in [0.2, 0.25) is 0 Å². The molecule has 0 radical (unpaired) electrons. The van der Waals surface area contributed by atoms with Crippen molar-refractivity contribution in [1.82, 2.24) is 20.2 Å². The average molecular weight is 315 g/mol. The van der Waals surface area contributed by atoms with Crippen LogP contribution in [0.1, 0.15) is 44.1 Å². The molecule has 1 fully saturated rings. The lowest BCUT2D eigenvalue weighted by Crippen LogP contribution is -2.35. The van der Waals surface area contributed by atoms with E-state index in [-0.39, 0.29) is 12.3 Å². The number of benzene rings is 1. The molecule has 2 N–H and O–H groups in total. The fraction of sp³-hybridized carbons (Fsp3) is 0.500. The molecule has 1 aliphatic rings. The van der Waals surface area contributed by atoms with Crippen molar-refractivity contribution in [2.45, 2.75) is 51.0 Å². The van der Waals surface area contributed by atoms with Crippen molar-refractivity contribution >= 4 is 11.6 Å². The van der Waals surface area contributed by atoms with Gasteiger partial charge in [0.05, 0.1) is 17.7 Å². The maximum Gasteiger partial charge on any atom is 0.227 e. The minimum Gasteiger partial charge on any atom is -0.389 e. The zero-order valence-electron chi connectivity index (χ0n) is 13.2. The second-order valence-electron chi connectivity index (χ2n) is 6.27. The number of aliphatic hydroxyl groups is 1. The van der Waals surface area contributed by atoms with E-state index in [9.17, 15) is 9.90 Å². The highest BCUT2D eigenvalue weighted by molar-refractivity contribution is 5.91. The summed E-state index contributed by atoms with van der Waals surface area (Å²) >= 11 is 0. The Hall–Kier alpha value is -2.28. The molecule has 0 unspecified atom stereocenters. The third-order valence-electron chi connectivity index (χ3n) is 4.36. The normalized spacial score (nSPS) is 17.0. The summed E-state index contributed by atoms with van der Waals surface area (Å²) in [7, 11) is 0. The van der Waals surface area contributed by atoms with E-state index in [4.69, 9.17) is 0 Å². The van der Waals surface area contributed by atoms with Gasteiger partial charge in [-0.3, -0.25) is 4.79 Å². The Morgan fingerprint density at radius 2 is 2.13 bits per heavy atom. The highest BCUT2D eigenvalue weighted by atomic mass is 16.3. The molecule has 1 aromatic heterocycles. The molecule has 1 saturated carbocycles. The highest BCUT2D eigenvalue weighted by Gasteiger charge is 2.31. The molecule has 1 amide bonds. The van der Waals surface area contributed by atoms with Crippen LogP contribution < -0.4 is 5.32 Å². The topological polar surface area (TPSA) is 92.9 Å². The Kier molecular flexibility index (Phi) is 4.38. The number of carbonyl (C=O) groups excluding carboxylic acids is 1. The van der Waals surface area contributed by atoms with Gasteiger partial charge < -0.3 is 10.4 Å². The highest BCUT2D eigenvalue weighted by Crippen LogP contribution is 2.31. The van der Waals surface area contributed by atoms with Crippen molar-refractivity contribution in [3.63, 3.8) is 0 Å². The first kappa shape index (κ1) is 15.6. The largest absolute Gasteiger partial charge is 0.389 e. The number of nitrogens with one attached hydrogen (secondary N) is 1. The van der Waals surface area contributed by atoms with E-state index in [2.05, 4.69) is 20.8 Å². The Bertz CT molecular complexity index is 678. The molecule has 0 bridgehead atoms. The van der Waals surface area contributed by atoms with E-state index in [0.717, 1.165) is 30.5 Å². The maximum absolute atomic E-state index is 12.3. The summed E-state index contributed by atoms with van der Waals surface area (Å²) < 4.78 is 1.56. The third-order valence-corrected chi connectivity index (χ3v) is 4.36. The molecule has 3 rings (SSSR count). The van der Waals surface area contributed by atoms with Gasteiger partial charge in [0.2, 0.25) is 5.91 Å². The zero-order valence-corrected chi connectivity index (χ0v) is 13.2. The van der Waals surface area contributed by atoms with Gasteiger partial charge in [0, 0.05) is 5.69 Å².